The Morgan fingerprint density at radius 1 is 1.26 bits per heavy atom. The summed E-state index contributed by atoms with van der Waals surface area (Å²) in [5.41, 5.74) is 0.175. The zero-order chi connectivity index (χ0) is 16.9. The Hall–Kier alpha value is -0.460. The topological polar surface area (TPSA) is 59.9 Å². The molecule has 0 aromatic carbocycles. The predicted octanol–water partition coefficient (Wildman–Crippen LogP) is 1.53. The van der Waals surface area contributed by atoms with Crippen LogP contribution in [0.5, 0.6) is 0 Å². The average molecular weight is 343 g/mol. The standard InChI is InChI=1S/C17H34N4OS/c1-16(8-6-5-7-14(16)22)11-19-15(18-2)20-12-17(21(3)4)9-10-23-13-17/h14,22H,5-13H2,1-4H3,(H2,18,19,20). The minimum atomic E-state index is -0.207. The van der Waals surface area contributed by atoms with Crippen LogP contribution in [0.25, 0.3) is 0 Å². The van der Waals surface area contributed by atoms with Crippen LogP contribution >= 0.6 is 11.8 Å². The summed E-state index contributed by atoms with van der Waals surface area (Å²) in [5.74, 6) is 3.25. The third-order valence-electron chi connectivity index (χ3n) is 5.78. The maximum absolute atomic E-state index is 10.3. The van der Waals surface area contributed by atoms with Crippen LogP contribution in [0.1, 0.15) is 39.0 Å². The molecule has 1 aliphatic carbocycles. The van der Waals surface area contributed by atoms with Gasteiger partial charge in [-0.05, 0) is 39.1 Å². The maximum Gasteiger partial charge on any atom is 0.191 e. The number of likely N-dealkylation sites (N-methyl/N-ethyl adjacent to an activating group) is 1. The molecule has 2 aliphatic rings. The molecule has 2 fully saturated rings. The lowest BCUT2D eigenvalue weighted by Gasteiger charge is -2.39. The van der Waals surface area contributed by atoms with Gasteiger partial charge in [-0.3, -0.25) is 4.99 Å². The van der Waals surface area contributed by atoms with Gasteiger partial charge in [-0.25, -0.2) is 0 Å². The number of guanidine groups is 1. The maximum atomic E-state index is 10.3. The van der Waals surface area contributed by atoms with E-state index in [1.165, 1.54) is 24.3 Å². The summed E-state index contributed by atoms with van der Waals surface area (Å²) in [6, 6.07) is 0. The molecule has 134 valence electrons. The first-order valence-electron chi connectivity index (χ1n) is 8.80. The molecule has 23 heavy (non-hydrogen) atoms. The van der Waals surface area contributed by atoms with Crippen molar-refractivity contribution in [1.29, 1.82) is 0 Å². The Balaban J connectivity index is 1.86. The second kappa shape index (κ2) is 8.08. The van der Waals surface area contributed by atoms with Crippen molar-refractivity contribution < 1.29 is 5.11 Å². The van der Waals surface area contributed by atoms with Crippen LogP contribution in [-0.4, -0.2) is 73.3 Å². The van der Waals surface area contributed by atoms with Crippen molar-refractivity contribution in [2.45, 2.75) is 50.7 Å². The van der Waals surface area contributed by atoms with E-state index in [0.29, 0.717) is 0 Å². The van der Waals surface area contributed by atoms with Gasteiger partial charge in [0.2, 0.25) is 0 Å². The smallest absolute Gasteiger partial charge is 0.191 e. The minimum Gasteiger partial charge on any atom is -0.392 e. The predicted molar refractivity (Wildman–Crippen MR) is 100 cm³/mol. The molecule has 0 bridgehead atoms. The van der Waals surface area contributed by atoms with Gasteiger partial charge in [0.15, 0.2) is 5.96 Å². The lowest BCUT2D eigenvalue weighted by atomic mass is 9.73. The second-order valence-electron chi connectivity index (χ2n) is 7.62. The Labute approximate surface area is 145 Å². The van der Waals surface area contributed by atoms with Gasteiger partial charge >= 0.3 is 0 Å². The number of aliphatic imine (C=N–C) groups is 1. The van der Waals surface area contributed by atoms with Gasteiger partial charge in [0.1, 0.15) is 0 Å². The fourth-order valence-electron chi connectivity index (χ4n) is 3.59. The van der Waals surface area contributed by atoms with Crippen LogP contribution in [0.2, 0.25) is 0 Å². The lowest BCUT2D eigenvalue weighted by Crippen LogP contribution is -2.56. The number of nitrogens with zero attached hydrogens (tertiary/aromatic N) is 2. The number of thioether (sulfide) groups is 1. The molecule has 0 aromatic rings. The highest BCUT2D eigenvalue weighted by atomic mass is 32.2. The van der Waals surface area contributed by atoms with E-state index >= 15 is 0 Å². The molecule has 0 aromatic heterocycles. The van der Waals surface area contributed by atoms with E-state index < -0.39 is 0 Å². The number of nitrogens with one attached hydrogen (secondary N) is 2. The number of aliphatic hydroxyl groups is 1. The van der Waals surface area contributed by atoms with Gasteiger partial charge < -0.3 is 20.6 Å². The summed E-state index contributed by atoms with van der Waals surface area (Å²) in [6.07, 6.45) is 5.36. The zero-order valence-electron chi connectivity index (χ0n) is 15.2. The fourth-order valence-corrected chi connectivity index (χ4v) is 5.14. The van der Waals surface area contributed by atoms with Crippen molar-refractivity contribution in [1.82, 2.24) is 15.5 Å². The van der Waals surface area contributed by atoms with E-state index in [9.17, 15) is 5.11 Å². The SMILES string of the molecule is CN=C(NCC1(C)CCCCC1O)NCC1(N(C)C)CCSC1. The highest BCUT2D eigenvalue weighted by molar-refractivity contribution is 7.99. The Bertz CT molecular complexity index is 409. The average Bonchev–Trinajstić information content (AvgIpc) is 3.01. The summed E-state index contributed by atoms with van der Waals surface area (Å²) < 4.78 is 0. The van der Waals surface area contributed by atoms with Gasteiger partial charge in [-0.1, -0.05) is 19.8 Å². The molecule has 1 aliphatic heterocycles. The van der Waals surface area contributed by atoms with Crippen molar-refractivity contribution in [3.05, 3.63) is 0 Å². The monoisotopic (exact) mass is 342 g/mol. The molecular weight excluding hydrogens is 308 g/mol. The van der Waals surface area contributed by atoms with Crippen LogP contribution in [0, 0.1) is 5.41 Å². The summed E-state index contributed by atoms with van der Waals surface area (Å²) in [4.78, 5) is 6.71. The zero-order valence-corrected chi connectivity index (χ0v) is 16.0. The quantitative estimate of drug-likeness (QED) is 0.522. The third kappa shape index (κ3) is 4.54. The van der Waals surface area contributed by atoms with E-state index in [1.54, 1.807) is 0 Å². The highest BCUT2D eigenvalue weighted by Crippen LogP contribution is 2.35. The van der Waals surface area contributed by atoms with Gasteiger partial charge in [0.05, 0.1) is 6.10 Å². The van der Waals surface area contributed by atoms with Crippen molar-refractivity contribution in [3.63, 3.8) is 0 Å². The largest absolute Gasteiger partial charge is 0.392 e. The van der Waals surface area contributed by atoms with Crippen LogP contribution in [-0.2, 0) is 0 Å². The molecular formula is C17H34N4OS. The Kier molecular flexibility index (Phi) is 6.63. The fraction of sp³-hybridized carbons (Fsp3) is 0.941. The first-order valence-corrected chi connectivity index (χ1v) is 9.95. The lowest BCUT2D eigenvalue weighted by molar-refractivity contribution is 0.00395. The summed E-state index contributed by atoms with van der Waals surface area (Å²) in [7, 11) is 6.16. The van der Waals surface area contributed by atoms with Gasteiger partial charge in [-0.15, -0.1) is 0 Å². The molecule has 1 heterocycles. The summed E-state index contributed by atoms with van der Waals surface area (Å²) in [5, 5.41) is 17.3. The number of rotatable bonds is 5. The van der Waals surface area contributed by atoms with Crippen molar-refractivity contribution in [3.8, 4) is 0 Å². The first kappa shape index (κ1) is 18.9. The molecule has 0 spiro atoms. The molecule has 3 atom stereocenters. The van der Waals surface area contributed by atoms with Crippen molar-refractivity contribution >= 4 is 17.7 Å². The summed E-state index contributed by atoms with van der Waals surface area (Å²) in [6.45, 7) is 3.87. The number of hydrogen-bond donors (Lipinski definition) is 3. The molecule has 1 saturated carbocycles. The van der Waals surface area contributed by atoms with Gasteiger partial charge in [-0.2, -0.15) is 11.8 Å². The van der Waals surface area contributed by atoms with E-state index in [2.05, 4.69) is 41.5 Å². The Morgan fingerprint density at radius 3 is 2.57 bits per heavy atom. The minimum absolute atomic E-state index is 0.0433. The molecule has 0 radical (unpaired) electrons. The molecule has 0 amide bonds. The van der Waals surface area contributed by atoms with E-state index in [4.69, 9.17) is 0 Å². The highest BCUT2D eigenvalue weighted by Gasteiger charge is 2.37. The normalized spacial score (nSPS) is 35.6. The molecule has 6 heteroatoms. The third-order valence-corrected chi connectivity index (χ3v) is 7.01. The van der Waals surface area contributed by atoms with Crippen LogP contribution in [0.4, 0.5) is 0 Å². The Morgan fingerprint density at radius 2 is 2.00 bits per heavy atom. The summed E-state index contributed by atoms with van der Waals surface area (Å²) >= 11 is 2.03. The van der Waals surface area contributed by atoms with Crippen molar-refractivity contribution in [2.24, 2.45) is 10.4 Å². The van der Waals surface area contributed by atoms with E-state index in [1.807, 2.05) is 18.8 Å². The molecule has 1 saturated heterocycles. The van der Waals surface area contributed by atoms with Crippen LogP contribution < -0.4 is 10.6 Å². The van der Waals surface area contributed by atoms with Gasteiger partial charge in [0.25, 0.3) is 0 Å². The van der Waals surface area contributed by atoms with E-state index in [0.717, 1.165) is 38.3 Å². The van der Waals surface area contributed by atoms with Crippen molar-refractivity contribution in [2.75, 3.05) is 45.7 Å². The van der Waals surface area contributed by atoms with E-state index in [-0.39, 0.29) is 17.1 Å². The molecule has 3 unspecified atom stereocenters. The number of hydrogen-bond acceptors (Lipinski definition) is 4. The van der Waals surface area contributed by atoms with Gasteiger partial charge in [0, 0.05) is 36.8 Å². The molecule has 2 rings (SSSR count). The van der Waals surface area contributed by atoms with Crippen LogP contribution in [0.15, 0.2) is 4.99 Å². The second-order valence-corrected chi connectivity index (χ2v) is 8.72. The van der Waals surface area contributed by atoms with Crippen LogP contribution in [0.3, 0.4) is 0 Å². The number of aliphatic hydroxyl groups excluding tert-OH is 1. The molecule has 5 nitrogen and oxygen atoms in total. The first-order chi connectivity index (χ1) is 10.9. The molecule has 3 N–H and O–H groups in total.